The van der Waals surface area contributed by atoms with Gasteiger partial charge in [0.15, 0.2) is 0 Å². The molecule has 238 valence electrons. The lowest BCUT2D eigenvalue weighted by atomic mass is 9.95. The van der Waals surface area contributed by atoms with Gasteiger partial charge in [-0.15, -0.1) is 0 Å². The molecule has 1 aromatic carbocycles. The summed E-state index contributed by atoms with van der Waals surface area (Å²) < 4.78 is 0. The normalized spacial score (nSPS) is 17.0. The molecule has 45 heavy (non-hydrogen) atoms. The Morgan fingerprint density at radius 1 is 1.00 bits per heavy atom. The van der Waals surface area contributed by atoms with Crippen LogP contribution in [0.2, 0.25) is 0 Å². The Balaban J connectivity index is 1.30. The number of rotatable bonds is 10. The highest BCUT2D eigenvalue weighted by Crippen LogP contribution is 2.37. The van der Waals surface area contributed by atoms with Crippen molar-refractivity contribution in [1.82, 2.24) is 20.2 Å². The average Bonchev–Trinajstić information content (AvgIpc) is 3.94. The number of carbonyl (C=O) groups is 2. The molecule has 3 fully saturated rings. The first-order chi connectivity index (χ1) is 21.6. The van der Waals surface area contributed by atoms with Crippen molar-refractivity contribution in [2.24, 2.45) is 11.8 Å². The van der Waals surface area contributed by atoms with Gasteiger partial charge in [0.25, 0.3) is 11.5 Å². The van der Waals surface area contributed by atoms with Gasteiger partial charge in [-0.1, -0.05) is 0 Å². The van der Waals surface area contributed by atoms with Gasteiger partial charge < -0.3 is 20.1 Å². The van der Waals surface area contributed by atoms with Gasteiger partial charge in [-0.25, -0.2) is 4.98 Å². The van der Waals surface area contributed by atoms with Gasteiger partial charge in [0, 0.05) is 85.5 Å². The summed E-state index contributed by atoms with van der Waals surface area (Å²) >= 11 is 0. The van der Waals surface area contributed by atoms with Crippen molar-refractivity contribution < 1.29 is 9.59 Å². The lowest BCUT2D eigenvalue weighted by molar-refractivity contribution is -0.119. The zero-order valence-corrected chi connectivity index (χ0v) is 27.3. The Morgan fingerprint density at radius 2 is 1.73 bits per heavy atom. The van der Waals surface area contributed by atoms with E-state index in [1.807, 2.05) is 57.7 Å². The largest absolute Gasteiger partial charge is 0.354 e. The maximum absolute atomic E-state index is 13.8. The second-order valence-corrected chi connectivity index (χ2v) is 13.2. The molecular formula is C36H46N6O3. The number of nitrogens with zero attached hydrogens (tertiary/aromatic N) is 4. The van der Waals surface area contributed by atoms with Crippen LogP contribution in [-0.2, 0) is 11.3 Å². The molecule has 2 aliphatic carbocycles. The Hall–Kier alpha value is -3.98. The zero-order chi connectivity index (χ0) is 31.8. The third-order valence-electron chi connectivity index (χ3n) is 9.64. The molecule has 0 spiro atoms. The van der Waals surface area contributed by atoms with E-state index >= 15 is 0 Å². The molecule has 9 heteroatoms. The van der Waals surface area contributed by atoms with Gasteiger partial charge in [-0.05, 0) is 113 Å². The molecule has 1 aliphatic heterocycles. The molecule has 1 saturated heterocycles. The number of benzene rings is 1. The van der Waals surface area contributed by atoms with Crippen molar-refractivity contribution in [1.29, 1.82) is 0 Å². The Morgan fingerprint density at radius 3 is 2.36 bits per heavy atom. The van der Waals surface area contributed by atoms with E-state index in [4.69, 9.17) is 4.98 Å². The molecule has 0 unspecified atom stereocenters. The molecular weight excluding hydrogens is 564 g/mol. The maximum atomic E-state index is 13.8. The van der Waals surface area contributed by atoms with Gasteiger partial charge in [-0.3, -0.25) is 19.3 Å². The van der Waals surface area contributed by atoms with Crippen LogP contribution >= 0.6 is 0 Å². The first-order valence-corrected chi connectivity index (χ1v) is 16.5. The molecule has 3 heterocycles. The summed E-state index contributed by atoms with van der Waals surface area (Å²) in [4.78, 5) is 54.4. The van der Waals surface area contributed by atoms with Crippen LogP contribution in [-0.4, -0.2) is 66.0 Å². The van der Waals surface area contributed by atoms with Crippen LogP contribution in [0.15, 0.2) is 35.1 Å². The molecule has 2 amide bonds. The lowest BCUT2D eigenvalue weighted by Crippen LogP contribution is -2.47. The molecule has 2 aromatic heterocycles. The Kier molecular flexibility index (Phi) is 8.82. The summed E-state index contributed by atoms with van der Waals surface area (Å²) in [5.41, 5.74) is 6.59. The number of nitrogens with one attached hydrogen (secondary N) is 2. The van der Waals surface area contributed by atoms with E-state index in [0.29, 0.717) is 17.7 Å². The fourth-order valence-electron chi connectivity index (χ4n) is 6.59. The molecule has 0 bridgehead atoms. The molecule has 2 N–H and O–H groups in total. The van der Waals surface area contributed by atoms with Crippen LogP contribution in [0.3, 0.4) is 0 Å². The van der Waals surface area contributed by atoms with E-state index in [1.165, 1.54) is 19.4 Å². The average molecular weight is 611 g/mol. The van der Waals surface area contributed by atoms with Crippen molar-refractivity contribution in [2.75, 3.05) is 49.1 Å². The number of anilines is 2. The second kappa shape index (κ2) is 12.8. The minimum absolute atomic E-state index is 0.0500. The summed E-state index contributed by atoms with van der Waals surface area (Å²) in [6, 6.07) is 10.0. The van der Waals surface area contributed by atoms with Crippen LogP contribution in [0.4, 0.5) is 11.5 Å². The third kappa shape index (κ3) is 6.83. The number of aromatic amines is 1. The predicted octanol–water partition coefficient (Wildman–Crippen LogP) is 4.90. The van der Waals surface area contributed by atoms with E-state index in [9.17, 15) is 14.4 Å². The van der Waals surface area contributed by atoms with Crippen LogP contribution in [0, 0.1) is 39.5 Å². The molecule has 0 radical (unpaired) electrons. The number of aromatic nitrogens is 2. The van der Waals surface area contributed by atoms with Crippen LogP contribution in [0.5, 0.6) is 0 Å². The van der Waals surface area contributed by atoms with Crippen molar-refractivity contribution in [3.8, 4) is 11.1 Å². The lowest BCUT2D eigenvalue weighted by Gasteiger charge is -2.35. The van der Waals surface area contributed by atoms with E-state index in [-0.39, 0.29) is 29.8 Å². The molecule has 0 atom stereocenters. The topological polar surface area (TPSA) is 102 Å². The molecule has 2 saturated carbocycles. The van der Waals surface area contributed by atoms with Gasteiger partial charge >= 0.3 is 0 Å². The molecule has 3 aromatic rings. The van der Waals surface area contributed by atoms with E-state index in [1.54, 1.807) is 0 Å². The number of hydrogen-bond acceptors (Lipinski definition) is 6. The molecule has 3 aliphatic rings. The van der Waals surface area contributed by atoms with Gasteiger partial charge in [0.2, 0.25) is 5.91 Å². The van der Waals surface area contributed by atoms with Crippen LogP contribution in [0.25, 0.3) is 11.1 Å². The fourth-order valence-corrected chi connectivity index (χ4v) is 6.59. The summed E-state index contributed by atoms with van der Waals surface area (Å²) in [5, 5.41) is 2.98. The van der Waals surface area contributed by atoms with Crippen molar-refractivity contribution in [2.45, 2.75) is 66.8 Å². The fraction of sp³-hybridized carbons (Fsp3) is 0.500. The standard InChI is InChI=1S/C36H46N6O3/c1-6-42(36(45)27-9-10-27)32-19-28(18-30(24(32)4)34(43)37-20-31-22(2)17-23(3)38-35(31)44)29-11-12-33(39-25(29)5)41-15-13-40(14-16-41)21-26-7-8-26/h11-12,17-19,26-27H,6-10,13-16,20-21H2,1-5H3,(H,37,43)(H,38,44). The van der Waals surface area contributed by atoms with Crippen molar-refractivity contribution >= 4 is 23.3 Å². The number of hydrogen-bond donors (Lipinski definition) is 2. The van der Waals surface area contributed by atoms with Gasteiger partial charge in [-0.2, -0.15) is 0 Å². The smallest absolute Gasteiger partial charge is 0.253 e. The SMILES string of the molecule is CCN(C(=O)C1CC1)c1cc(-c2ccc(N3CCN(CC4CC4)CC3)nc2C)cc(C(=O)NCc2c(C)cc(C)[nH]c2=O)c1C. The van der Waals surface area contributed by atoms with Gasteiger partial charge in [0.05, 0.1) is 0 Å². The minimum Gasteiger partial charge on any atom is -0.354 e. The highest BCUT2D eigenvalue weighted by atomic mass is 16.2. The number of pyridine rings is 2. The van der Waals surface area contributed by atoms with Gasteiger partial charge in [0.1, 0.15) is 5.82 Å². The summed E-state index contributed by atoms with van der Waals surface area (Å²) in [6.45, 7) is 15.5. The molecule has 9 nitrogen and oxygen atoms in total. The Bertz CT molecular complexity index is 1660. The minimum atomic E-state index is -0.281. The highest BCUT2D eigenvalue weighted by Gasteiger charge is 2.35. The first-order valence-electron chi connectivity index (χ1n) is 16.5. The number of carbonyl (C=O) groups excluding carboxylic acids is 2. The first kappa shape index (κ1) is 31.0. The van der Waals surface area contributed by atoms with Crippen LogP contribution < -0.4 is 20.7 Å². The van der Waals surface area contributed by atoms with E-state index in [2.05, 4.69) is 32.2 Å². The predicted molar refractivity (Wildman–Crippen MR) is 179 cm³/mol. The third-order valence-corrected chi connectivity index (χ3v) is 9.64. The van der Waals surface area contributed by atoms with Crippen molar-refractivity contribution in [3.05, 3.63) is 74.3 Å². The quantitative estimate of drug-likeness (QED) is 0.339. The number of aryl methyl sites for hydroxylation is 3. The number of H-pyrrole nitrogens is 1. The molecule has 6 rings (SSSR count). The van der Waals surface area contributed by atoms with Crippen molar-refractivity contribution in [3.63, 3.8) is 0 Å². The Labute approximate surface area is 266 Å². The summed E-state index contributed by atoms with van der Waals surface area (Å²) in [5.74, 6) is 1.76. The number of piperazine rings is 1. The second-order valence-electron chi connectivity index (χ2n) is 13.2. The van der Waals surface area contributed by atoms with E-state index in [0.717, 1.165) is 90.1 Å². The monoisotopic (exact) mass is 610 g/mol. The number of amides is 2. The van der Waals surface area contributed by atoms with E-state index < -0.39 is 0 Å². The summed E-state index contributed by atoms with van der Waals surface area (Å²) in [6.07, 6.45) is 4.57. The van der Waals surface area contributed by atoms with Crippen LogP contribution in [0.1, 0.15) is 71.0 Å². The highest BCUT2D eigenvalue weighted by molar-refractivity contribution is 6.03. The maximum Gasteiger partial charge on any atom is 0.253 e. The zero-order valence-electron chi connectivity index (χ0n) is 27.3. The summed E-state index contributed by atoms with van der Waals surface area (Å²) in [7, 11) is 0.